The third kappa shape index (κ3) is 2.04. The van der Waals surface area contributed by atoms with Crippen LogP contribution in [0, 0.1) is 5.82 Å². The summed E-state index contributed by atoms with van der Waals surface area (Å²) >= 11 is 2.92. The first kappa shape index (κ1) is 11.0. The van der Waals surface area contributed by atoms with Gasteiger partial charge in [-0.15, -0.1) is 0 Å². The van der Waals surface area contributed by atoms with Gasteiger partial charge < -0.3 is 9.84 Å². The lowest BCUT2D eigenvalue weighted by Crippen LogP contribution is -2.04. The first-order chi connectivity index (χ1) is 6.60. The number of ketones is 1. The molecule has 1 aromatic carbocycles. The molecule has 0 spiro atoms. The van der Waals surface area contributed by atoms with Crippen molar-refractivity contribution in [3.8, 4) is 11.5 Å². The van der Waals surface area contributed by atoms with Crippen molar-refractivity contribution in [1.82, 2.24) is 0 Å². The fraction of sp³-hybridized carbons (Fsp3) is 0.222. The lowest BCUT2D eigenvalue weighted by molar-refractivity contribution is 0.101. The summed E-state index contributed by atoms with van der Waals surface area (Å²) in [6.07, 6.45) is 0. The molecule has 1 rings (SSSR count). The Hall–Kier alpha value is -1.10. The Morgan fingerprint density at radius 2 is 2.29 bits per heavy atom. The van der Waals surface area contributed by atoms with E-state index < -0.39 is 17.3 Å². The van der Waals surface area contributed by atoms with Crippen LogP contribution < -0.4 is 4.74 Å². The number of methoxy groups -OCH3 is 1. The zero-order chi connectivity index (χ0) is 10.7. The van der Waals surface area contributed by atoms with Crippen molar-refractivity contribution in [2.75, 3.05) is 12.4 Å². The summed E-state index contributed by atoms with van der Waals surface area (Å²) in [5, 5.41) is 9.13. The van der Waals surface area contributed by atoms with E-state index in [9.17, 15) is 9.18 Å². The fourth-order valence-corrected chi connectivity index (χ4v) is 1.28. The van der Waals surface area contributed by atoms with Gasteiger partial charge in [0.15, 0.2) is 17.3 Å². The van der Waals surface area contributed by atoms with Crippen molar-refractivity contribution in [2.45, 2.75) is 0 Å². The van der Waals surface area contributed by atoms with Crippen molar-refractivity contribution >= 4 is 21.7 Å². The summed E-state index contributed by atoms with van der Waals surface area (Å²) in [6, 6.07) is 2.36. The summed E-state index contributed by atoms with van der Waals surface area (Å²) in [7, 11) is 1.37. The van der Waals surface area contributed by atoms with Crippen LogP contribution in [0.25, 0.3) is 0 Å². The Bertz CT molecular complexity index is 365. The normalized spacial score (nSPS) is 9.93. The molecule has 0 atom stereocenters. The minimum Gasteiger partial charge on any atom is -0.505 e. The molecule has 0 saturated carbocycles. The molecule has 0 fully saturated rings. The molecule has 0 aromatic heterocycles. The number of carbonyl (C=O) groups is 1. The average Bonchev–Trinajstić information content (AvgIpc) is 2.20. The molecule has 0 aliphatic carbocycles. The Morgan fingerprint density at radius 3 is 2.79 bits per heavy atom. The molecular weight excluding hydrogens is 255 g/mol. The topological polar surface area (TPSA) is 46.5 Å². The third-order valence-electron chi connectivity index (χ3n) is 1.68. The maximum absolute atomic E-state index is 13.2. The van der Waals surface area contributed by atoms with Crippen LogP contribution >= 0.6 is 15.9 Å². The maximum Gasteiger partial charge on any atom is 0.176 e. The second-order valence-electron chi connectivity index (χ2n) is 2.56. The minimum absolute atomic E-state index is 0.00344. The van der Waals surface area contributed by atoms with Gasteiger partial charge in [0.1, 0.15) is 5.75 Å². The smallest absolute Gasteiger partial charge is 0.176 e. The molecule has 0 amide bonds. The first-order valence-electron chi connectivity index (χ1n) is 3.75. The minimum atomic E-state index is -0.921. The number of hydrogen-bond donors (Lipinski definition) is 1. The lowest BCUT2D eigenvalue weighted by Gasteiger charge is -2.05. The second kappa shape index (κ2) is 4.41. The molecule has 0 heterocycles. The van der Waals surface area contributed by atoms with Crippen LogP contribution in [0.5, 0.6) is 11.5 Å². The third-order valence-corrected chi connectivity index (χ3v) is 2.19. The first-order valence-corrected chi connectivity index (χ1v) is 4.88. The molecule has 0 aliphatic heterocycles. The Labute approximate surface area is 88.6 Å². The van der Waals surface area contributed by atoms with E-state index in [2.05, 4.69) is 15.9 Å². The number of Topliss-reactive ketones (excluding diaryl/α,β-unsaturated/α-hetero) is 1. The Morgan fingerprint density at radius 1 is 1.64 bits per heavy atom. The largest absolute Gasteiger partial charge is 0.505 e. The monoisotopic (exact) mass is 262 g/mol. The SMILES string of the molecule is COc1cc(O)c(F)c(C(=O)CBr)c1. The van der Waals surface area contributed by atoms with Gasteiger partial charge in [0, 0.05) is 6.07 Å². The van der Waals surface area contributed by atoms with Crippen molar-refractivity contribution in [3.05, 3.63) is 23.5 Å². The number of phenolic OH excluding ortho intramolecular Hbond substituents is 1. The zero-order valence-corrected chi connectivity index (χ0v) is 8.97. The van der Waals surface area contributed by atoms with Crippen molar-refractivity contribution in [2.24, 2.45) is 0 Å². The van der Waals surface area contributed by atoms with Gasteiger partial charge in [-0.05, 0) is 6.07 Å². The highest BCUT2D eigenvalue weighted by atomic mass is 79.9. The van der Waals surface area contributed by atoms with Crippen LogP contribution in [0.3, 0.4) is 0 Å². The number of halogens is 2. The molecule has 1 N–H and O–H groups in total. The zero-order valence-electron chi connectivity index (χ0n) is 7.38. The standard InChI is InChI=1S/C9H8BrFO3/c1-14-5-2-6(8(13)4-10)9(11)7(12)3-5/h2-3,12H,4H2,1H3. The molecule has 3 nitrogen and oxygen atoms in total. The van der Waals surface area contributed by atoms with E-state index in [4.69, 9.17) is 9.84 Å². The molecule has 0 radical (unpaired) electrons. The molecule has 76 valence electrons. The van der Waals surface area contributed by atoms with E-state index in [1.807, 2.05) is 0 Å². The number of alkyl halides is 1. The second-order valence-corrected chi connectivity index (χ2v) is 3.13. The van der Waals surface area contributed by atoms with Gasteiger partial charge in [-0.25, -0.2) is 4.39 Å². The Kier molecular flexibility index (Phi) is 3.46. The number of aromatic hydroxyl groups is 1. The van der Waals surface area contributed by atoms with Gasteiger partial charge in [0.2, 0.25) is 0 Å². The summed E-state index contributed by atoms with van der Waals surface area (Å²) in [6.45, 7) is 0. The van der Waals surface area contributed by atoms with Gasteiger partial charge in [-0.3, -0.25) is 4.79 Å². The van der Waals surface area contributed by atoms with Crippen LogP contribution in [0.2, 0.25) is 0 Å². The molecule has 0 saturated heterocycles. The number of rotatable bonds is 3. The van der Waals surface area contributed by atoms with Gasteiger partial charge >= 0.3 is 0 Å². The van der Waals surface area contributed by atoms with Crippen molar-refractivity contribution < 1.29 is 19.0 Å². The summed E-state index contributed by atoms with van der Waals surface area (Å²) < 4.78 is 18.0. The summed E-state index contributed by atoms with van der Waals surface area (Å²) in [4.78, 5) is 11.2. The molecule has 0 unspecified atom stereocenters. The Balaban J connectivity index is 3.27. The van der Waals surface area contributed by atoms with E-state index in [0.717, 1.165) is 6.07 Å². The quantitative estimate of drug-likeness (QED) is 0.671. The summed E-state index contributed by atoms with van der Waals surface area (Å²) in [5.74, 6) is -1.71. The number of ether oxygens (including phenoxy) is 1. The molecule has 1 aromatic rings. The predicted octanol–water partition coefficient (Wildman–Crippen LogP) is 2.12. The number of benzene rings is 1. The lowest BCUT2D eigenvalue weighted by atomic mass is 10.1. The number of carbonyl (C=O) groups excluding carboxylic acids is 1. The number of phenols is 1. The van der Waals surface area contributed by atoms with Crippen LogP contribution in [0.15, 0.2) is 12.1 Å². The van der Waals surface area contributed by atoms with Crippen molar-refractivity contribution in [3.63, 3.8) is 0 Å². The van der Waals surface area contributed by atoms with E-state index in [-0.39, 0.29) is 16.6 Å². The predicted molar refractivity (Wildman–Crippen MR) is 52.7 cm³/mol. The van der Waals surface area contributed by atoms with E-state index in [0.29, 0.717) is 0 Å². The van der Waals surface area contributed by atoms with Crippen LogP contribution in [-0.2, 0) is 0 Å². The molecule has 14 heavy (non-hydrogen) atoms. The van der Waals surface area contributed by atoms with Gasteiger partial charge in [-0.1, -0.05) is 15.9 Å². The van der Waals surface area contributed by atoms with E-state index >= 15 is 0 Å². The molecular formula is C9H8BrFO3. The fourth-order valence-electron chi connectivity index (χ4n) is 0.976. The van der Waals surface area contributed by atoms with Crippen LogP contribution in [-0.4, -0.2) is 23.3 Å². The molecule has 5 heteroatoms. The maximum atomic E-state index is 13.2. The van der Waals surface area contributed by atoms with Crippen LogP contribution in [0.1, 0.15) is 10.4 Å². The molecule has 0 bridgehead atoms. The van der Waals surface area contributed by atoms with Gasteiger partial charge in [-0.2, -0.15) is 0 Å². The molecule has 0 aliphatic rings. The highest BCUT2D eigenvalue weighted by Gasteiger charge is 2.15. The highest BCUT2D eigenvalue weighted by Crippen LogP contribution is 2.26. The van der Waals surface area contributed by atoms with Crippen molar-refractivity contribution in [1.29, 1.82) is 0 Å². The average molecular weight is 263 g/mol. The highest BCUT2D eigenvalue weighted by molar-refractivity contribution is 9.09. The summed E-state index contributed by atoms with van der Waals surface area (Å²) in [5.41, 5.74) is -0.182. The van der Waals surface area contributed by atoms with E-state index in [1.165, 1.54) is 13.2 Å². The van der Waals surface area contributed by atoms with Crippen LogP contribution in [0.4, 0.5) is 4.39 Å². The van der Waals surface area contributed by atoms with Gasteiger partial charge in [0.05, 0.1) is 18.0 Å². The van der Waals surface area contributed by atoms with E-state index in [1.54, 1.807) is 0 Å². The van der Waals surface area contributed by atoms with Gasteiger partial charge in [0.25, 0.3) is 0 Å². The number of hydrogen-bond acceptors (Lipinski definition) is 3.